The van der Waals surface area contributed by atoms with Crippen LogP contribution in [0.25, 0.3) is 0 Å². The van der Waals surface area contributed by atoms with Gasteiger partial charge in [-0.2, -0.15) is 0 Å². The summed E-state index contributed by atoms with van der Waals surface area (Å²) >= 11 is 0. The van der Waals surface area contributed by atoms with Crippen LogP contribution in [0.1, 0.15) is 123 Å². The summed E-state index contributed by atoms with van der Waals surface area (Å²) < 4.78 is 16.9. The van der Waals surface area contributed by atoms with Crippen molar-refractivity contribution in [3.8, 4) is 0 Å². The first-order valence-corrected chi connectivity index (χ1v) is 13.5. The summed E-state index contributed by atoms with van der Waals surface area (Å²) in [4.78, 5) is 10.5. The van der Waals surface area contributed by atoms with E-state index in [9.17, 15) is 4.80 Å². The van der Waals surface area contributed by atoms with Gasteiger partial charge in [-0.25, -0.2) is 0 Å². The molecule has 0 radical (unpaired) electrons. The Kier molecular flexibility index (Phi) is 27.9. The van der Waals surface area contributed by atoms with Gasteiger partial charge in [0, 0.05) is 26.2 Å². The van der Waals surface area contributed by atoms with Crippen LogP contribution in [0.3, 0.4) is 0 Å². The summed E-state index contributed by atoms with van der Waals surface area (Å²) in [6, 6.07) is 0. The van der Waals surface area contributed by atoms with Gasteiger partial charge in [0.25, 0.3) is 0 Å². The first-order chi connectivity index (χ1) is 13.9. The van der Waals surface area contributed by atoms with Gasteiger partial charge in [-0.15, -0.1) is 0 Å². The molecule has 0 aromatic heterocycles. The van der Waals surface area contributed by atoms with E-state index in [1.54, 1.807) is 20.8 Å². The standard InChI is InChI=1S/C12H28O4Si.3C4H10O.Zr/c1-10(2,3)14-17(13,15-11(4,5)6)16-12(7,8)9;3*1-3-4(2)5;/h13H,1-9H3;3*4-5H,3H2,1-2H3;. The van der Waals surface area contributed by atoms with Gasteiger partial charge in [-0.1, -0.05) is 20.8 Å². The Morgan fingerprint density at radius 2 is 0.667 bits per heavy atom. The zero-order valence-electron chi connectivity index (χ0n) is 24.4. The van der Waals surface area contributed by atoms with Crippen LogP contribution in [0.2, 0.25) is 0 Å². The van der Waals surface area contributed by atoms with Crippen LogP contribution in [0.15, 0.2) is 0 Å². The van der Waals surface area contributed by atoms with E-state index >= 15 is 0 Å². The summed E-state index contributed by atoms with van der Waals surface area (Å²) in [5.74, 6) is 0. The zero-order chi connectivity index (χ0) is 27.0. The Morgan fingerprint density at radius 3 is 0.727 bits per heavy atom. The molecule has 0 fully saturated rings. The molecule has 7 nitrogen and oxygen atoms in total. The smallest absolute Gasteiger partial charge is 0.393 e. The van der Waals surface area contributed by atoms with Gasteiger partial charge in [0.15, 0.2) is 0 Å². The molecule has 0 saturated carbocycles. The van der Waals surface area contributed by atoms with Crippen molar-refractivity contribution < 1.29 is 59.6 Å². The molecule has 3 unspecified atom stereocenters. The van der Waals surface area contributed by atoms with Crippen molar-refractivity contribution >= 4 is 9.05 Å². The molecule has 0 amide bonds. The third-order valence-electron chi connectivity index (χ3n) is 3.08. The van der Waals surface area contributed by atoms with Crippen LogP contribution in [-0.2, 0) is 39.5 Å². The maximum atomic E-state index is 10.5. The second-order valence-corrected chi connectivity index (χ2v) is 12.6. The Bertz CT molecular complexity index is 353. The molecule has 3 atom stereocenters. The van der Waals surface area contributed by atoms with Gasteiger partial charge >= 0.3 is 9.05 Å². The molecule has 0 aliphatic heterocycles. The average molecular weight is 578 g/mol. The molecule has 0 heterocycles. The van der Waals surface area contributed by atoms with Gasteiger partial charge in [0.2, 0.25) is 0 Å². The summed E-state index contributed by atoms with van der Waals surface area (Å²) in [6.07, 6.45) is 2.24. The molecule has 33 heavy (non-hydrogen) atoms. The maximum Gasteiger partial charge on any atom is 0.678 e. The Morgan fingerprint density at radius 1 is 0.545 bits per heavy atom. The number of hydrogen-bond donors (Lipinski definition) is 4. The van der Waals surface area contributed by atoms with Gasteiger partial charge in [-0.05, 0) is 102 Å². The van der Waals surface area contributed by atoms with Crippen molar-refractivity contribution in [2.45, 2.75) is 158 Å². The van der Waals surface area contributed by atoms with Crippen molar-refractivity contribution in [3.05, 3.63) is 0 Å². The fourth-order valence-corrected chi connectivity index (χ4v) is 3.67. The molecule has 0 bridgehead atoms. The zero-order valence-corrected chi connectivity index (χ0v) is 27.8. The SMILES string of the molecule is CC(C)(C)O[Si](O)(OC(C)(C)C)OC(C)(C)C.CCC(C)O.CCC(C)O.CCC(C)O.[Zr]. The van der Waals surface area contributed by atoms with Crippen LogP contribution in [0.4, 0.5) is 0 Å². The average Bonchev–Trinajstić information content (AvgIpc) is 2.50. The second kappa shape index (κ2) is 21.0. The van der Waals surface area contributed by atoms with E-state index < -0.39 is 25.9 Å². The minimum Gasteiger partial charge on any atom is -0.393 e. The largest absolute Gasteiger partial charge is 0.678 e. The summed E-state index contributed by atoms with van der Waals surface area (Å²) in [6.45, 7) is 28.0. The predicted octanol–water partition coefficient (Wildman–Crippen LogP) is 5.19. The third kappa shape index (κ3) is 50.6. The first-order valence-electron chi connectivity index (χ1n) is 11.8. The summed E-state index contributed by atoms with van der Waals surface area (Å²) in [5, 5.41) is 25.1. The number of aliphatic hydroxyl groups is 3. The van der Waals surface area contributed by atoms with Gasteiger partial charge in [0.1, 0.15) is 0 Å². The number of aliphatic hydroxyl groups excluding tert-OH is 3. The van der Waals surface area contributed by atoms with Gasteiger partial charge < -0.3 is 33.4 Å². The first kappa shape index (κ1) is 43.9. The number of hydrogen-bond acceptors (Lipinski definition) is 7. The van der Waals surface area contributed by atoms with Crippen molar-refractivity contribution in [1.29, 1.82) is 0 Å². The minimum atomic E-state index is -3.66. The molecule has 0 spiro atoms. The minimum absolute atomic E-state index is 0. The van der Waals surface area contributed by atoms with E-state index in [1.165, 1.54) is 0 Å². The van der Waals surface area contributed by atoms with Crippen molar-refractivity contribution in [2.75, 3.05) is 0 Å². The van der Waals surface area contributed by atoms with Crippen LogP contribution in [0.5, 0.6) is 0 Å². The molecule has 0 aliphatic rings. The van der Waals surface area contributed by atoms with Gasteiger partial charge in [-0.3, -0.25) is 0 Å². The van der Waals surface area contributed by atoms with Crippen LogP contribution in [-0.4, -0.2) is 64.3 Å². The van der Waals surface area contributed by atoms with E-state index in [-0.39, 0.29) is 44.5 Å². The molecule has 204 valence electrons. The normalized spacial score (nSPS) is 14.6. The van der Waals surface area contributed by atoms with Crippen LogP contribution >= 0.6 is 0 Å². The Labute approximate surface area is 226 Å². The Hall–Kier alpha value is 0.820. The summed E-state index contributed by atoms with van der Waals surface area (Å²) in [7, 11) is -3.66. The van der Waals surface area contributed by atoms with E-state index in [2.05, 4.69) is 0 Å². The summed E-state index contributed by atoms with van der Waals surface area (Å²) in [5.41, 5.74) is -1.55. The maximum absolute atomic E-state index is 10.5. The molecule has 0 aromatic rings. The fraction of sp³-hybridized carbons (Fsp3) is 1.00. The molecule has 0 aromatic carbocycles. The van der Waals surface area contributed by atoms with Crippen LogP contribution in [0, 0.1) is 0 Å². The molecule has 9 heteroatoms. The molecular formula is C24H58O7SiZr. The molecule has 0 aliphatic carbocycles. The van der Waals surface area contributed by atoms with Crippen molar-refractivity contribution in [3.63, 3.8) is 0 Å². The topological polar surface area (TPSA) is 109 Å². The van der Waals surface area contributed by atoms with E-state index in [0.29, 0.717) is 0 Å². The molecular weight excluding hydrogens is 520 g/mol. The fourth-order valence-electron chi connectivity index (χ4n) is 1.22. The van der Waals surface area contributed by atoms with E-state index in [0.717, 1.165) is 19.3 Å². The van der Waals surface area contributed by atoms with E-state index in [4.69, 9.17) is 28.6 Å². The quantitative estimate of drug-likeness (QED) is 0.322. The Balaban J connectivity index is -0.000000133. The van der Waals surface area contributed by atoms with Crippen molar-refractivity contribution in [1.82, 2.24) is 0 Å². The monoisotopic (exact) mass is 576 g/mol. The van der Waals surface area contributed by atoms with Crippen LogP contribution < -0.4 is 0 Å². The van der Waals surface area contributed by atoms with E-state index in [1.807, 2.05) is 83.1 Å². The second-order valence-electron chi connectivity index (χ2n) is 10.9. The van der Waals surface area contributed by atoms with Crippen molar-refractivity contribution in [2.24, 2.45) is 0 Å². The third-order valence-corrected chi connectivity index (χ3v) is 5.69. The number of rotatable bonds is 6. The molecule has 0 saturated heterocycles. The van der Waals surface area contributed by atoms with Gasteiger partial charge in [0.05, 0.1) is 35.1 Å². The predicted molar refractivity (Wildman–Crippen MR) is 136 cm³/mol. The molecule has 0 rings (SSSR count). The molecule has 4 N–H and O–H groups in total.